The van der Waals surface area contributed by atoms with Crippen LogP contribution < -0.4 is 15.8 Å². The number of alkyl halides is 3. The van der Waals surface area contributed by atoms with Crippen molar-refractivity contribution in [3.05, 3.63) is 69.9 Å². The Hall–Kier alpha value is -3.80. The van der Waals surface area contributed by atoms with Gasteiger partial charge < -0.3 is 20.1 Å². The van der Waals surface area contributed by atoms with Gasteiger partial charge in [-0.15, -0.1) is 0 Å². The first-order valence-electron chi connectivity index (χ1n) is 10.7. The van der Waals surface area contributed by atoms with Crippen LogP contribution in [0, 0.1) is 12.7 Å². The summed E-state index contributed by atoms with van der Waals surface area (Å²) in [5.41, 5.74) is -2.24. The van der Waals surface area contributed by atoms with Gasteiger partial charge in [-0.1, -0.05) is 0 Å². The van der Waals surface area contributed by atoms with Crippen LogP contribution in [-0.2, 0) is 6.18 Å². The minimum absolute atomic E-state index is 0.0793. The Balaban J connectivity index is 1.78. The Morgan fingerprint density at radius 3 is 2.37 bits per heavy atom. The molecule has 35 heavy (non-hydrogen) atoms. The fourth-order valence-corrected chi connectivity index (χ4v) is 3.81. The highest BCUT2D eigenvalue weighted by Crippen LogP contribution is 2.36. The van der Waals surface area contributed by atoms with Gasteiger partial charge in [0.05, 0.1) is 22.5 Å². The molecule has 1 aromatic carbocycles. The highest BCUT2D eigenvalue weighted by molar-refractivity contribution is 6.07. The minimum Gasteiger partial charge on any atom is -0.367 e. The molecule has 3 aromatic rings. The van der Waals surface area contributed by atoms with Gasteiger partial charge in [-0.2, -0.15) is 13.2 Å². The second-order valence-electron chi connectivity index (χ2n) is 8.23. The summed E-state index contributed by atoms with van der Waals surface area (Å²) in [5.74, 6) is -1.21. The van der Waals surface area contributed by atoms with Crippen LogP contribution in [0.25, 0.3) is 11.1 Å². The maximum absolute atomic E-state index is 15.2. The topological polar surface area (TPSA) is 94.2 Å². The van der Waals surface area contributed by atoms with Crippen LogP contribution in [0.3, 0.4) is 0 Å². The third kappa shape index (κ3) is 5.32. The van der Waals surface area contributed by atoms with Gasteiger partial charge in [0.15, 0.2) is 0 Å². The van der Waals surface area contributed by atoms with Gasteiger partial charge in [-0.05, 0) is 26.1 Å². The van der Waals surface area contributed by atoms with Crippen molar-refractivity contribution in [2.75, 3.05) is 43.4 Å². The average molecular weight is 490 g/mol. The predicted molar refractivity (Wildman–Crippen MR) is 122 cm³/mol. The lowest BCUT2D eigenvalue weighted by atomic mass is 10.0. The van der Waals surface area contributed by atoms with Gasteiger partial charge >= 0.3 is 6.18 Å². The number of benzene rings is 1. The average Bonchev–Trinajstić information content (AvgIpc) is 2.80. The number of nitrogens with one attached hydrogen (secondary N) is 2. The van der Waals surface area contributed by atoms with E-state index < -0.39 is 34.6 Å². The number of likely N-dealkylation sites (N-methyl/N-ethyl adjacent to an activating group) is 1. The van der Waals surface area contributed by atoms with E-state index in [9.17, 15) is 22.8 Å². The van der Waals surface area contributed by atoms with Gasteiger partial charge in [0.1, 0.15) is 11.6 Å². The molecular weight excluding hydrogens is 468 g/mol. The van der Waals surface area contributed by atoms with Gasteiger partial charge in [0, 0.05) is 62.0 Å². The van der Waals surface area contributed by atoms with E-state index in [0.29, 0.717) is 55.5 Å². The van der Waals surface area contributed by atoms with Crippen LogP contribution in [0.5, 0.6) is 0 Å². The molecule has 1 amide bonds. The van der Waals surface area contributed by atoms with Crippen LogP contribution in [0.1, 0.15) is 21.7 Å². The summed E-state index contributed by atoms with van der Waals surface area (Å²) in [6, 6.07) is 2.93. The van der Waals surface area contributed by atoms with E-state index in [-0.39, 0.29) is 11.3 Å². The molecular formula is C23H22F4N6O2. The molecule has 0 bridgehead atoms. The van der Waals surface area contributed by atoms with Crippen molar-refractivity contribution in [2.24, 2.45) is 0 Å². The highest BCUT2D eigenvalue weighted by atomic mass is 19.4. The molecule has 0 atom stereocenters. The van der Waals surface area contributed by atoms with Crippen LogP contribution >= 0.6 is 0 Å². The van der Waals surface area contributed by atoms with Gasteiger partial charge in [-0.3, -0.25) is 9.59 Å². The van der Waals surface area contributed by atoms with Crippen molar-refractivity contribution in [1.29, 1.82) is 0 Å². The lowest BCUT2D eigenvalue weighted by molar-refractivity contribution is -0.138. The second kappa shape index (κ2) is 9.45. The minimum atomic E-state index is -4.92. The van der Waals surface area contributed by atoms with Gasteiger partial charge in [-0.25, -0.2) is 14.4 Å². The molecule has 0 spiro atoms. The number of nitrogens with zero attached hydrogens (tertiary/aromatic N) is 4. The van der Waals surface area contributed by atoms with Crippen molar-refractivity contribution in [2.45, 2.75) is 13.1 Å². The van der Waals surface area contributed by atoms with E-state index in [1.165, 1.54) is 24.5 Å². The molecule has 0 unspecified atom stereocenters. The standard InChI is InChI=1S/C23H22F4N6O2/c1-13-28-10-14(11-29-13)15-7-19(20(9-18(15)24)33-5-3-32(2)4-6-33)31-22(35)16-12-30-21(34)8-17(16)23(25,26)27/h7-12H,3-6H2,1-2H3,(H,30,34)(H,31,35). The summed E-state index contributed by atoms with van der Waals surface area (Å²) in [4.78, 5) is 38.6. The van der Waals surface area contributed by atoms with Crippen molar-refractivity contribution in [1.82, 2.24) is 19.9 Å². The molecule has 1 aliphatic heterocycles. The van der Waals surface area contributed by atoms with Crippen molar-refractivity contribution < 1.29 is 22.4 Å². The first-order valence-corrected chi connectivity index (χ1v) is 10.7. The molecule has 12 heteroatoms. The number of aryl methyl sites for hydroxylation is 1. The van der Waals surface area contributed by atoms with Crippen LogP contribution in [0.2, 0.25) is 0 Å². The number of piperazine rings is 1. The molecule has 4 rings (SSSR count). The number of anilines is 2. The Morgan fingerprint density at radius 1 is 1.09 bits per heavy atom. The van der Waals surface area contributed by atoms with Gasteiger partial charge in [0.2, 0.25) is 5.56 Å². The maximum Gasteiger partial charge on any atom is 0.417 e. The molecule has 0 aliphatic carbocycles. The fourth-order valence-electron chi connectivity index (χ4n) is 3.81. The zero-order valence-electron chi connectivity index (χ0n) is 18.9. The van der Waals surface area contributed by atoms with Crippen LogP contribution in [0.4, 0.5) is 28.9 Å². The summed E-state index contributed by atoms with van der Waals surface area (Å²) in [6.45, 7) is 4.09. The van der Waals surface area contributed by atoms with Crippen molar-refractivity contribution >= 4 is 17.3 Å². The van der Waals surface area contributed by atoms with E-state index in [1.807, 2.05) is 11.9 Å². The number of carbonyl (C=O) groups excluding carboxylic acids is 1. The quantitative estimate of drug-likeness (QED) is 0.545. The van der Waals surface area contributed by atoms with E-state index in [2.05, 4.69) is 25.2 Å². The zero-order chi connectivity index (χ0) is 25.3. The van der Waals surface area contributed by atoms with Crippen molar-refractivity contribution in [3.8, 4) is 11.1 Å². The van der Waals surface area contributed by atoms with Crippen LogP contribution in [0.15, 0.2) is 41.6 Å². The van der Waals surface area contributed by atoms with E-state index in [4.69, 9.17) is 0 Å². The molecule has 1 saturated heterocycles. The Kier molecular flexibility index (Phi) is 6.57. The number of aromatic amines is 1. The molecule has 2 aromatic heterocycles. The monoisotopic (exact) mass is 490 g/mol. The van der Waals surface area contributed by atoms with E-state index in [1.54, 1.807) is 6.92 Å². The molecule has 3 heterocycles. The lowest BCUT2D eigenvalue weighted by Gasteiger charge is -2.35. The Labute approximate surface area is 197 Å². The largest absolute Gasteiger partial charge is 0.417 e. The number of halogens is 4. The smallest absolute Gasteiger partial charge is 0.367 e. The van der Waals surface area contributed by atoms with Crippen molar-refractivity contribution in [3.63, 3.8) is 0 Å². The third-order valence-electron chi connectivity index (χ3n) is 5.74. The number of amides is 1. The fraction of sp³-hybridized carbons (Fsp3) is 0.304. The first-order chi connectivity index (χ1) is 16.5. The number of H-pyrrole nitrogens is 1. The predicted octanol–water partition coefficient (Wildman–Crippen LogP) is 3.30. The zero-order valence-corrected chi connectivity index (χ0v) is 18.9. The molecule has 0 saturated carbocycles. The van der Waals surface area contributed by atoms with E-state index in [0.717, 1.165) is 0 Å². The highest BCUT2D eigenvalue weighted by Gasteiger charge is 2.36. The first kappa shape index (κ1) is 24.3. The van der Waals surface area contributed by atoms with Gasteiger partial charge in [0.25, 0.3) is 5.91 Å². The summed E-state index contributed by atoms with van der Waals surface area (Å²) >= 11 is 0. The molecule has 1 fully saturated rings. The molecule has 2 N–H and O–H groups in total. The molecule has 8 nitrogen and oxygen atoms in total. The van der Waals surface area contributed by atoms with E-state index >= 15 is 4.39 Å². The lowest BCUT2D eigenvalue weighted by Crippen LogP contribution is -2.44. The maximum atomic E-state index is 15.2. The third-order valence-corrected chi connectivity index (χ3v) is 5.74. The molecule has 184 valence electrons. The normalized spacial score (nSPS) is 14.7. The SMILES string of the molecule is Cc1ncc(-c2cc(NC(=O)c3c[nH]c(=O)cc3C(F)(F)F)c(N3CCN(C)CC3)cc2F)cn1. The number of hydrogen-bond donors (Lipinski definition) is 2. The molecule has 0 radical (unpaired) electrons. The second-order valence-corrected chi connectivity index (χ2v) is 8.23. The Bertz CT molecular complexity index is 1300. The number of carbonyl (C=O) groups is 1. The number of hydrogen-bond acceptors (Lipinski definition) is 6. The summed E-state index contributed by atoms with van der Waals surface area (Å²) in [6.07, 6.45) is -1.36. The number of rotatable bonds is 4. The molecule has 1 aliphatic rings. The summed E-state index contributed by atoms with van der Waals surface area (Å²) in [7, 11) is 1.94. The number of pyridine rings is 1. The number of aromatic nitrogens is 3. The summed E-state index contributed by atoms with van der Waals surface area (Å²) in [5, 5.41) is 2.49. The Morgan fingerprint density at radius 2 is 1.74 bits per heavy atom. The summed E-state index contributed by atoms with van der Waals surface area (Å²) < 4.78 is 55.7. The van der Waals surface area contributed by atoms with Crippen LogP contribution in [-0.4, -0.2) is 59.0 Å².